The van der Waals surface area contributed by atoms with Crippen LogP contribution in [0, 0.1) is 5.92 Å². The number of nitrogens with zero attached hydrogens (tertiary/aromatic N) is 1. The lowest BCUT2D eigenvalue weighted by atomic mass is 10.00. The van der Waals surface area contributed by atoms with Gasteiger partial charge in [-0.3, -0.25) is 4.79 Å². The van der Waals surface area contributed by atoms with Crippen LogP contribution < -0.4 is 0 Å². The molecule has 1 unspecified atom stereocenters. The lowest BCUT2D eigenvalue weighted by Crippen LogP contribution is -2.27. The summed E-state index contributed by atoms with van der Waals surface area (Å²) in [5.41, 5.74) is 0. The van der Waals surface area contributed by atoms with Gasteiger partial charge in [0.05, 0.1) is 0 Å². The third kappa shape index (κ3) is 1.47. The first kappa shape index (κ1) is 8.09. The van der Waals surface area contributed by atoms with Crippen LogP contribution in [0.15, 0.2) is 0 Å². The normalized spacial score (nSPS) is 31.2. The first-order chi connectivity index (χ1) is 5.88. The minimum atomic E-state index is 0.392. The van der Waals surface area contributed by atoms with Crippen LogP contribution in [0.1, 0.15) is 38.5 Å². The maximum atomic E-state index is 11.6. The molecule has 0 saturated carbocycles. The molecule has 0 aliphatic carbocycles. The van der Waals surface area contributed by atoms with Crippen molar-refractivity contribution in [2.24, 2.45) is 5.92 Å². The molecule has 0 aromatic heterocycles. The van der Waals surface area contributed by atoms with Crippen molar-refractivity contribution in [3.63, 3.8) is 0 Å². The van der Waals surface area contributed by atoms with Gasteiger partial charge in [0.25, 0.3) is 0 Å². The fraction of sp³-hybridized carbons (Fsp3) is 0.900. The van der Waals surface area contributed by atoms with E-state index in [0.29, 0.717) is 11.8 Å². The van der Waals surface area contributed by atoms with E-state index >= 15 is 0 Å². The molecular weight excluding hydrogens is 150 g/mol. The van der Waals surface area contributed by atoms with Crippen LogP contribution in [-0.4, -0.2) is 23.9 Å². The fourth-order valence-corrected chi connectivity index (χ4v) is 2.34. The van der Waals surface area contributed by atoms with E-state index < -0.39 is 0 Å². The molecule has 68 valence electrons. The Morgan fingerprint density at radius 3 is 2.75 bits per heavy atom. The average Bonchev–Trinajstić information content (AvgIpc) is 2.47. The van der Waals surface area contributed by atoms with Gasteiger partial charge in [-0.1, -0.05) is 19.3 Å². The number of carbonyl (C=O) groups is 1. The molecule has 2 heteroatoms. The zero-order valence-corrected chi connectivity index (χ0v) is 7.59. The summed E-state index contributed by atoms with van der Waals surface area (Å²) < 4.78 is 0. The van der Waals surface area contributed by atoms with E-state index in [1.165, 1.54) is 25.7 Å². The zero-order valence-electron chi connectivity index (χ0n) is 7.59. The lowest BCUT2D eigenvalue weighted by Gasteiger charge is -2.14. The van der Waals surface area contributed by atoms with Gasteiger partial charge >= 0.3 is 0 Å². The van der Waals surface area contributed by atoms with E-state index in [0.717, 1.165) is 25.9 Å². The van der Waals surface area contributed by atoms with Crippen molar-refractivity contribution in [3.05, 3.63) is 0 Å². The molecule has 2 aliphatic heterocycles. The summed E-state index contributed by atoms with van der Waals surface area (Å²) in [6.45, 7) is 2.05. The Morgan fingerprint density at radius 2 is 1.83 bits per heavy atom. The van der Waals surface area contributed by atoms with Crippen molar-refractivity contribution in [3.8, 4) is 0 Å². The highest BCUT2D eigenvalue weighted by Gasteiger charge is 2.30. The molecule has 2 fully saturated rings. The van der Waals surface area contributed by atoms with E-state index in [1.807, 2.05) is 0 Å². The molecule has 0 radical (unpaired) electrons. The van der Waals surface area contributed by atoms with Crippen LogP contribution >= 0.6 is 0 Å². The van der Waals surface area contributed by atoms with Crippen molar-refractivity contribution in [1.29, 1.82) is 0 Å². The number of hydrogen-bond donors (Lipinski definition) is 0. The molecule has 2 heterocycles. The summed E-state index contributed by atoms with van der Waals surface area (Å²) in [5.74, 6) is 0.833. The summed E-state index contributed by atoms with van der Waals surface area (Å²) >= 11 is 0. The van der Waals surface area contributed by atoms with E-state index in [2.05, 4.69) is 4.90 Å². The first-order valence-electron chi connectivity index (χ1n) is 5.17. The van der Waals surface area contributed by atoms with E-state index in [9.17, 15) is 4.79 Å². The predicted octanol–water partition coefficient (Wildman–Crippen LogP) is 1.80. The van der Waals surface area contributed by atoms with Gasteiger partial charge in [0, 0.05) is 19.0 Å². The average molecular weight is 167 g/mol. The number of rotatable bonds is 0. The second kappa shape index (κ2) is 3.46. The van der Waals surface area contributed by atoms with Gasteiger partial charge in [0.15, 0.2) is 0 Å². The number of carbonyl (C=O) groups excluding carboxylic acids is 1. The van der Waals surface area contributed by atoms with Crippen molar-refractivity contribution < 1.29 is 4.79 Å². The van der Waals surface area contributed by atoms with Crippen molar-refractivity contribution in [2.75, 3.05) is 13.1 Å². The van der Waals surface area contributed by atoms with Gasteiger partial charge in [-0.15, -0.1) is 0 Å². The Hall–Kier alpha value is -0.530. The predicted molar refractivity (Wildman–Crippen MR) is 47.8 cm³/mol. The van der Waals surface area contributed by atoms with Crippen LogP contribution in [0.3, 0.4) is 0 Å². The third-order valence-electron chi connectivity index (χ3n) is 3.14. The van der Waals surface area contributed by atoms with Gasteiger partial charge in [-0.2, -0.15) is 0 Å². The Morgan fingerprint density at radius 1 is 1.00 bits per heavy atom. The van der Waals surface area contributed by atoms with Crippen molar-refractivity contribution >= 4 is 5.91 Å². The van der Waals surface area contributed by atoms with Gasteiger partial charge in [0.1, 0.15) is 0 Å². The molecule has 0 N–H and O–H groups in total. The molecule has 0 aromatic rings. The largest absolute Gasteiger partial charge is 0.342 e. The highest BCUT2D eigenvalue weighted by atomic mass is 16.2. The molecule has 2 rings (SSSR count). The molecule has 2 nitrogen and oxygen atoms in total. The van der Waals surface area contributed by atoms with Crippen LogP contribution in [-0.2, 0) is 4.79 Å². The number of fused-ring (bicyclic) bond motifs is 2. The molecule has 0 spiro atoms. The van der Waals surface area contributed by atoms with Crippen LogP contribution in [0.5, 0.6) is 0 Å². The SMILES string of the molecule is O=C1C2CCCCCCN1CC2. The highest BCUT2D eigenvalue weighted by Crippen LogP contribution is 2.25. The van der Waals surface area contributed by atoms with Crippen molar-refractivity contribution in [1.82, 2.24) is 4.90 Å². The fourth-order valence-electron chi connectivity index (χ4n) is 2.34. The van der Waals surface area contributed by atoms with E-state index in [-0.39, 0.29) is 0 Å². The minimum Gasteiger partial charge on any atom is -0.342 e. The summed E-state index contributed by atoms with van der Waals surface area (Å²) in [4.78, 5) is 13.7. The molecule has 1 amide bonds. The van der Waals surface area contributed by atoms with Gasteiger partial charge < -0.3 is 4.90 Å². The number of hydrogen-bond acceptors (Lipinski definition) is 1. The molecule has 12 heavy (non-hydrogen) atoms. The van der Waals surface area contributed by atoms with Crippen LogP contribution in [0.4, 0.5) is 0 Å². The molecule has 2 bridgehead atoms. The summed E-state index contributed by atoms with van der Waals surface area (Å²) in [6, 6.07) is 0. The Bertz CT molecular complexity index is 161. The van der Waals surface area contributed by atoms with Crippen molar-refractivity contribution in [2.45, 2.75) is 38.5 Å². The van der Waals surface area contributed by atoms with E-state index in [4.69, 9.17) is 0 Å². The maximum Gasteiger partial charge on any atom is 0.225 e. The third-order valence-corrected chi connectivity index (χ3v) is 3.14. The first-order valence-corrected chi connectivity index (χ1v) is 5.17. The maximum absolute atomic E-state index is 11.6. The van der Waals surface area contributed by atoms with Gasteiger partial charge in [0.2, 0.25) is 5.91 Å². The molecule has 2 saturated heterocycles. The summed E-state index contributed by atoms with van der Waals surface area (Å²) in [6.07, 6.45) is 7.41. The quantitative estimate of drug-likeness (QED) is 0.538. The molecule has 0 aromatic carbocycles. The van der Waals surface area contributed by atoms with Gasteiger partial charge in [-0.25, -0.2) is 0 Å². The van der Waals surface area contributed by atoms with Crippen LogP contribution in [0.25, 0.3) is 0 Å². The second-order valence-electron chi connectivity index (χ2n) is 4.01. The Kier molecular flexibility index (Phi) is 2.33. The minimum absolute atomic E-state index is 0.392. The van der Waals surface area contributed by atoms with Gasteiger partial charge in [-0.05, 0) is 19.3 Å². The second-order valence-corrected chi connectivity index (χ2v) is 4.01. The molecular formula is C10H17NO. The Balaban J connectivity index is 2.02. The standard InChI is InChI=1S/C10H17NO/c12-10-9-5-3-1-2-4-7-11(10)8-6-9/h9H,1-8H2. The summed E-state index contributed by atoms with van der Waals surface area (Å²) in [7, 11) is 0. The van der Waals surface area contributed by atoms with E-state index in [1.54, 1.807) is 0 Å². The lowest BCUT2D eigenvalue weighted by molar-refractivity contribution is -0.131. The monoisotopic (exact) mass is 167 g/mol. The zero-order chi connectivity index (χ0) is 8.39. The molecule has 2 aliphatic rings. The van der Waals surface area contributed by atoms with Crippen LogP contribution in [0.2, 0.25) is 0 Å². The Labute approximate surface area is 73.9 Å². The highest BCUT2D eigenvalue weighted by molar-refractivity contribution is 5.80. The smallest absolute Gasteiger partial charge is 0.225 e. The number of amides is 1. The molecule has 1 atom stereocenters. The summed E-state index contributed by atoms with van der Waals surface area (Å²) in [5, 5.41) is 0. The topological polar surface area (TPSA) is 20.3 Å².